The molecule has 0 radical (unpaired) electrons. The molecule has 2 heterocycles. The van der Waals surface area contributed by atoms with E-state index in [1.165, 1.54) is 35.1 Å². The first-order valence-electron chi connectivity index (χ1n) is 7.15. The highest BCUT2D eigenvalue weighted by atomic mass is 19.4. The van der Waals surface area contributed by atoms with Crippen LogP contribution >= 0.6 is 0 Å². The van der Waals surface area contributed by atoms with Gasteiger partial charge in [-0.05, 0) is 30.2 Å². The van der Waals surface area contributed by atoms with Crippen molar-refractivity contribution in [3.8, 4) is 5.75 Å². The number of hydrogen-bond donors (Lipinski definition) is 1. The molecule has 0 fully saturated rings. The number of aromatic carboxylic acids is 1. The van der Waals surface area contributed by atoms with E-state index in [2.05, 4.69) is 14.8 Å². The van der Waals surface area contributed by atoms with Crippen molar-refractivity contribution in [2.75, 3.05) is 0 Å². The van der Waals surface area contributed by atoms with Crippen LogP contribution in [-0.4, -0.2) is 32.0 Å². The number of ether oxygens (including phenoxy) is 1. The Balaban J connectivity index is 1.92. The second kappa shape index (κ2) is 6.08. The Hall–Kier alpha value is -3.10. The van der Waals surface area contributed by atoms with Gasteiger partial charge in [0.15, 0.2) is 5.65 Å². The molecule has 0 aliphatic heterocycles. The number of benzene rings is 1. The summed E-state index contributed by atoms with van der Waals surface area (Å²) in [6.45, 7) is 1.73. The molecule has 0 amide bonds. The predicted molar refractivity (Wildman–Crippen MR) is 80.6 cm³/mol. The molecule has 0 bridgehead atoms. The quantitative estimate of drug-likeness (QED) is 0.781. The van der Waals surface area contributed by atoms with E-state index in [4.69, 9.17) is 5.11 Å². The van der Waals surface area contributed by atoms with Gasteiger partial charge in [-0.3, -0.25) is 0 Å². The topological polar surface area (TPSA) is 76.7 Å². The molecule has 3 aromatic rings. The fourth-order valence-corrected chi connectivity index (χ4v) is 2.48. The zero-order valence-corrected chi connectivity index (χ0v) is 12.9. The molecule has 0 unspecified atom stereocenters. The van der Waals surface area contributed by atoms with Crippen molar-refractivity contribution in [1.82, 2.24) is 14.6 Å². The van der Waals surface area contributed by atoms with Crippen LogP contribution in [0.25, 0.3) is 5.65 Å². The molecule has 0 aliphatic carbocycles. The molecule has 0 saturated carbocycles. The molecule has 0 atom stereocenters. The number of carboxylic acids is 1. The Morgan fingerprint density at radius 1 is 1.32 bits per heavy atom. The van der Waals surface area contributed by atoms with Gasteiger partial charge in [0.1, 0.15) is 11.3 Å². The number of alkyl halides is 3. The lowest BCUT2D eigenvalue weighted by Gasteiger charge is -2.11. The first-order valence-corrected chi connectivity index (χ1v) is 7.15. The fourth-order valence-electron chi connectivity index (χ4n) is 2.48. The average Bonchev–Trinajstić information content (AvgIpc) is 2.94. The van der Waals surface area contributed by atoms with Crippen molar-refractivity contribution >= 4 is 11.6 Å². The SMILES string of the molecule is Cc1c(Cc2cccc(OC(F)(F)F)c2)cnc2c(C(=O)O)cnn12. The van der Waals surface area contributed by atoms with Crippen LogP contribution in [0, 0.1) is 6.92 Å². The van der Waals surface area contributed by atoms with E-state index < -0.39 is 12.3 Å². The maximum Gasteiger partial charge on any atom is 0.573 e. The van der Waals surface area contributed by atoms with E-state index in [0.717, 1.165) is 0 Å². The van der Waals surface area contributed by atoms with Crippen LogP contribution in [-0.2, 0) is 6.42 Å². The molecule has 9 heteroatoms. The van der Waals surface area contributed by atoms with Gasteiger partial charge in [0.2, 0.25) is 0 Å². The molecule has 0 aliphatic rings. The van der Waals surface area contributed by atoms with Gasteiger partial charge in [0.25, 0.3) is 0 Å². The van der Waals surface area contributed by atoms with Crippen LogP contribution in [0.5, 0.6) is 5.75 Å². The van der Waals surface area contributed by atoms with E-state index in [0.29, 0.717) is 23.2 Å². The number of hydrogen-bond acceptors (Lipinski definition) is 4. The molecular weight excluding hydrogens is 339 g/mol. The third-order valence-corrected chi connectivity index (χ3v) is 3.63. The number of fused-ring (bicyclic) bond motifs is 1. The highest BCUT2D eigenvalue weighted by molar-refractivity contribution is 5.94. The lowest BCUT2D eigenvalue weighted by molar-refractivity contribution is -0.274. The smallest absolute Gasteiger partial charge is 0.477 e. The first kappa shape index (κ1) is 16.7. The number of carbonyl (C=O) groups is 1. The minimum absolute atomic E-state index is 0.0183. The molecule has 2 aromatic heterocycles. The van der Waals surface area contributed by atoms with E-state index in [1.807, 2.05) is 0 Å². The Morgan fingerprint density at radius 3 is 2.76 bits per heavy atom. The van der Waals surface area contributed by atoms with Crippen LogP contribution < -0.4 is 4.74 Å². The lowest BCUT2D eigenvalue weighted by atomic mass is 10.1. The Labute approximate surface area is 139 Å². The largest absolute Gasteiger partial charge is 0.573 e. The molecule has 6 nitrogen and oxygen atoms in total. The van der Waals surface area contributed by atoms with Crippen molar-refractivity contribution < 1.29 is 27.8 Å². The van der Waals surface area contributed by atoms with Crippen LogP contribution in [0.1, 0.15) is 27.2 Å². The number of nitrogens with zero attached hydrogens (tertiary/aromatic N) is 3. The van der Waals surface area contributed by atoms with Crippen molar-refractivity contribution in [2.45, 2.75) is 19.7 Å². The molecule has 130 valence electrons. The standard InChI is InChI=1S/C16H12F3N3O3/c1-9-11(7-20-14-13(15(23)24)8-21-22(9)14)5-10-3-2-4-12(6-10)25-16(17,18)19/h2-4,6-8H,5H2,1H3,(H,23,24). The van der Waals surface area contributed by atoms with Gasteiger partial charge in [0.05, 0.1) is 6.20 Å². The minimum Gasteiger partial charge on any atom is -0.477 e. The third-order valence-electron chi connectivity index (χ3n) is 3.63. The highest BCUT2D eigenvalue weighted by Crippen LogP contribution is 2.25. The molecule has 3 rings (SSSR count). The van der Waals surface area contributed by atoms with Crippen molar-refractivity contribution in [1.29, 1.82) is 0 Å². The van der Waals surface area contributed by atoms with E-state index >= 15 is 0 Å². The molecule has 0 spiro atoms. The van der Waals surface area contributed by atoms with E-state index in [-0.39, 0.29) is 17.0 Å². The number of aryl methyl sites for hydroxylation is 1. The van der Waals surface area contributed by atoms with Crippen LogP contribution in [0.2, 0.25) is 0 Å². The van der Waals surface area contributed by atoms with Crippen molar-refractivity contribution in [2.24, 2.45) is 0 Å². The second-order valence-corrected chi connectivity index (χ2v) is 5.34. The predicted octanol–water partition coefficient (Wildman–Crippen LogP) is 3.23. The van der Waals surface area contributed by atoms with Crippen LogP contribution in [0.15, 0.2) is 36.7 Å². The normalized spacial score (nSPS) is 11.7. The van der Waals surface area contributed by atoms with Gasteiger partial charge >= 0.3 is 12.3 Å². The molecule has 1 aromatic carbocycles. The summed E-state index contributed by atoms with van der Waals surface area (Å²) in [5.41, 5.74) is 2.14. The minimum atomic E-state index is -4.75. The van der Waals surface area contributed by atoms with Gasteiger partial charge in [-0.15, -0.1) is 13.2 Å². The third kappa shape index (κ3) is 3.54. The second-order valence-electron chi connectivity index (χ2n) is 5.34. The van der Waals surface area contributed by atoms with Gasteiger partial charge in [-0.2, -0.15) is 5.10 Å². The first-order chi connectivity index (χ1) is 11.7. The molecular formula is C16H12F3N3O3. The summed E-state index contributed by atoms with van der Waals surface area (Å²) in [4.78, 5) is 15.2. The lowest BCUT2D eigenvalue weighted by Crippen LogP contribution is -2.17. The fraction of sp³-hybridized carbons (Fsp3) is 0.188. The van der Waals surface area contributed by atoms with E-state index in [1.54, 1.807) is 13.0 Å². The van der Waals surface area contributed by atoms with Crippen LogP contribution in [0.3, 0.4) is 0 Å². The zero-order chi connectivity index (χ0) is 18.2. The Morgan fingerprint density at radius 2 is 2.08 bits per heavy atom. The summed E-state index contributed by atoms with van der Waals surface area (Å²) in [5, 5.41) is 13.1. The maximum absolute atomic E-state index is 12.3. The summed E-state index contributed by atoms with van der Waals surface area (Å²) in [6.07, 6.45) is -1.75. The van der Waals surface area contributed by atoms with Gasteiger partial charge < -0.3 is 9.84 Å². The van der Waals surface area contributed by atoms with Gasteiger partial charge in [-0.25, -0.2) is 14.3 Å². The summed E-state index contributed by atoms with van der Waals surface area (Å²) in [5.74, 6) is -1.43. The monoisotopic (exact) mass is 351 g/mol. The summed E-state index contributed by atoms with van der Waals surface area (Å²) >= 11 is 0. The zero-order valence-electron chi connectivity index (χ0n) is 12.9. The summed E-state index contributed by atoms with van der Waals surface area (Å²) < 4.78 is 42.3. The number of rotatable bonds is 4. The van der Waals surface area contributed by atoms with Gasteiger partial charge in [0, 0.05) is 18.3 Å². The average molecular weight is 351 g/mol. The Kier molecular flexibility index (Phi) is 4.07. The summed E-state index contributed by atoms with van der Waals surface area (Å²) in [6, 6.07) is 5.65. The number of aromatic nitrogens is 3. The van der Waals surface area contributed by atoms with Crippen LogP contribution in [0.4, 0.5) is 13.2 Å². The summed E-state index contributed by atoms with van der Waals surface area (Å²) in [7, 11) is 0. The molecule has 25 heavy (non-hydrogen) atoms. The Bertz CT molecular complexity index is 951. The maximum atomic E-state index is 12.3. The van der Waals surface area contributed by atoms with Crippen molar-refractivity contribution in [3.05, 3.63) is 59.0 Å². The molecule has 0 saturated heterocycles. The number of carboxylic acid groups (broad SMARTS) is 1. The van der Waals surface area contributed by atoms with Gasteiger partial charge in [-0.1, -0.05) is 12.1 Å². The van der Waals surface area contributed by atoms with E-state index in [9.17, 15) is 18.0 Å². The highest BCUT2D eigenvalue weighted by Gasteiger charge is 2.31. The number of halogens is 3. The molecule has 1 N–H and O–H groups in total. The van der Waals surface area contributed by atoms with Crippen molar-refractivity contribution in [3.63, 3.8) is 0 Å².